The van der Waals surface area contributed by atoms with E-state index in [1.165, 1.54) is 17.0 Å². The summed E-state index contributed by atoms with van der Waals surface area (Å²) in [4.78, 5) is 57.5. The summed E-state index contributed by atoms with van der Waals surface area (Å²) in [6, 6.07) is 11.6. The molecule has 41 heavy (non-hydrogen) atoms. The zero-order valence-corrected chi connectivity index (χ0v) is 23.8. The maximum absolute atomic E-state index is 14.2. The molecule has 10 nitrogen and oxygen atoms in total. The number of benzene rings is 2. The average molecular weight is 568 g/mol. The molecule has 2 bridgehead atoms. The Labute approximate surface area is 239 Å². The molecule has 4 amide bonds. The lowest BCUT2D eigenvalue weighted by Crippen LogP contribution is -2.52. The highest BCUT2D eigenvalue weighted by Gasteiger charge is 2.38. The molecule has 11 heteroatoms. The molecule has 220 valence electrons. The van der Waals surface area contributed by atoms with Gasteiger partial charge in [-0.25, -0.2) is 4.39 Å². The number of likely N-dealkylation sites (N-methyl/N-ethyl adjacent to an activating group) is 1. The Morgan fingerprint density at radius 3 is 2.63 bits per heavy atom. The predicted molar refractivity (Wildman–Crippen MR) is 151 cm³/mol. The van der Waals surface area contributed by atoms with Crippen LogP contribution in [0.5, 0.6) is 5.75 Å². The van der Waals surface area contributed by atoms with Gasteiger partial charge in [0.2, 0.25) is 17.7 Å². The first-order valence-corrected chi connectivity index (χ1v) is 13.9. The molecule has 2 aliphatic rings. The molecule has 0 unspecified atom stereocenters. The van der Waals surface area contributed by atoms with Crippen LogP contribution in [-0.2, 0) is 20.8 Å². The second kappa shape index (κ2) is 13.6. The number of amides is 4. The minimum atomic E-state index is -0.815. The zero-order chi connectivity index (χ0) is 29.5. The zero-order valence-electron chi connectivity index (χ0n) is 23.8. The number of ether oxygens (including phenoxy) is 1. The van der Waals surface area contributed by atoms with E-state index in [0.29, 0.717) is 19.3 Å². The number of rotatable bonds is 5. The highest BCUT2D eigenvalue weighted by atomic mass is 19.1. The first-order chi connectivity index (χ1) is 19.6. The van der Waals surface area contributed by atoms with Gasteiger partial charge in [-0.1, -0.05) is 30.3 Å². The molecule has 0 saturated carbocycles. The standard InChI is InChI=1S/C30H38FN5O5/c1-34(2)18-27(37)33-25-10-7-13-35(3)30(40)24-15-21(31)11-12-26(24)41-19-23-16-22(32-29(25)39)17-36(23)28(38)14-20-8-5-4-6-9-20/h4-6,8-9,11-12,15,22-23,25H,7,10,13-14,16-19H2,1-3H3,(H,32,39)(H,33,37)/t22-,23+,25+/m1/s1. The summed E-state index contributed by atoms with van der Waals surface area (Å²) < 4.78 is 20.2. The van der Waals surface area contributed by atoms with Crippen molar-refractivity contribution in [2.45, 2.75) is 43.8 Å². The van der Waals surface area contributed by atoms with Gasteiger partial charge in [0, 0.05) is 26.2 Å². The van der Waals surface area contributed by atoms with Crippen LogP contribution in [0, 0.1) is 5.82 Å². The van der Waals surface area contributed by atoms with Gasteiger partial charge in [-0.05, 0) is 57.1 Å². The fourth-order valence-electron chi connectivity index (χ4n) is 5.28. The van der Waals surface area contributed by atoms with E-state index in [-0.39, 0.29) is 67.7 Å². The van der Waals surface area contributed by atoms with Crippen LogP contribution >= 0.6 is 0 Å². The van der Waals surface area contributed by atoms with Crippen LogP contribution in [0.15, 0.2) is 48.5 Å². The van der Waals surface area contributed by atoms with Gasteiger partial charge in [0.25, 0.3) is 5.91 Å². The molecular formula is C30H38FN5O5. The van der Waals surface area contributed by atoms with Gasteiger partial charge in [-0.3, -0.25) is 19.2 Å². The Bertz CT molecular complexity index is 1260. The van der Waals surface area contributed by atoms with Gasteiger partial charge in [0.05, 0.1) is 24.6 Å². The van der Waals surface area contributed by atoms with Crippen molar-refractivity contribution < 1.29 is 28.3 Å². The second-order valence-corrected chi connectivity index (χ2v) is 11.0. The number of hydrogen-bond donors (Lipinski definition) is 2. The lowest BCUT2D eigenvalue weighted by molar-refractivity contribution is -0.132. The van der Waals surface area contributed by atoms with Crippen molar-refractivity contribution in [1.82, 2.24) is 25.3 Å². The number of nitrogens with zero attached hydrogens (tertiary/aromatic N) is 3. The van der Waals surface area contributed by atoms with Crippen LogP contribution in [-0.4, -0.2) is 104 Å². The van der Waals surface area contributed by atoms with E-state index in [0.717, 1.165) is 11.6 Å². The molecule has 3 atom stereocenters. The predicted octanol–water partition coefficient (Wildman–Crippen LogP) is 1.45. The Morgan fingerprint density at radius 1 is 1.15 bits per heavy atom. The summed E-state index contributed by atoms with van der Waals surface area (Å²) in [7, 11) is 5.12. The second-order valence-electron chi connectivity index (χ2n) is 11.0. The fraction of sp³-hybridized carbons (Fsp3) is 0.467. The van der Waals surface area contributed by atoms with E-state index in [9.17, 15) is 23.6 Å². The molecule has 2 heterocycles. The Hall–Kier alpha value is -3.99. The number of hydrogen-bond acceptors (Lipinski definition) is 6. The van der Waals surface area contributed by atoms with Crippen LogP contribution < -0.4 is 15.4 Å². The van der Waals surface area contributed by atoms with Crippen LogP contribution in [0.1, 0.15) is 35.2 Å². The van der Waals surface area contributed by atoms with E-state index in [4.69, 9.17) is 4.74 Å². The number of nitrogens with one attached hydrogen (secondary N) is 2. The number of likely N-dealkylation sites (tertiary alicyclic amines) is 1. The molecule has 2 N–H and O–H groups in total. The molecule has 2 aliphatic heterocycles. The van der Waals surface area contributed by atoms with Crippen molar-refractivity contribution in [3.05, 3.63) is 65.5 Å². The molecule has 1 fully saturated rings. The minimum Gasteiger partial charge on any atom is -0.491 e. The molecule has 0 aliphatic carbocycles. The van der Waals surface area contributed by atoms with Crippen molar-refractivity contribution in [2.75, 3.05) is 47.4 Å². The first-order valence-electron chi connectivity index (χ1n) is 13.9. The van der Waals surface area contributed by atoms with E-state index in [2.05, 4.69) is 10.6 Å². The van der Waals surface area contributed by atoms with Crippen molar-refractivity contribution in [2.24, 2.45) is 0 Å². The molecule has 0 spiro atoms. The monoisotopic (exact) mass is 567 g/mol. The van der Waals surface area contributed by atoms with Gasteiger partial charge >= 0.3 is 0 Å². The first kappa shape index (κ1) is 30.0. The molecule has 2 aromatic rings. The molecule has 4 rings (SSSR count). The molecule has 2 aromatic carbocycles. The third-order valence-electron chi connectivity index (χ3n) is 7.33. The Morgan fingerprint density at radius 2 is 1.90 bits per heavy atom. The van der Waals surface area contributed by atoms with Crippen molar-refractivity contribution in [1.29, 1.82) is 0 Å². The average Bonchev–Trinajstić information content (AvgIpc) is 3.33. The van der Waals surface area contributed by atoms with E-state index in [1.807, 2.05) is 30.3 Å². The normalized spacial score (nSPS) is 21.8. The third kappa shape index (κ3) is 8.03. The maximum atomic E-state index is 14.2. The van der Waals surface area contributed by atoms with Gasteiger partial charge in [-0.15, -0.1) is 0 Å². The van der Waals surface area contributed by atoms with Gasteiger partial charge in [0.15, 0.2) is 0 Å². The number of fused-ring (bicyclic) bond motifs is 3. The van der Waals surface area contributed by atoms with E-state index < -0.39 is 23.8 Å². The van der Waals surface area contributed by atoms with Crippen LogP contribution in [0.25, 0.3) is 0 Å². The summed E-state index contributed by atoms with van der Waals surface area (Å²) in [6.45, 7) is 0.748. The Balaban J connectivity index is 1.61. The third-order valence-corrected chi connectivity index (χ3v) is 7.33. The van der Waals surface area contributed by atoms with E-state index in [1.54, 1.807) is 30.9 Å². The highest BCUT2D eigenvalue weighted by Crippen LogP contribution is 2.26. The lowest BCUT2D eigenvalue weighted by atomic mass is 10.1. The summed E-state index contributed by atoms with van der Waals surface area (Å²) >= 11 is 0. The van der Waals surface area contributed by atoms with Gasteiger partial charge in [-0.2, -0.15) is 0 Å². The summed E-state index contributed by atoms with van der Waals surface area (Å²) in [6.07, 6.45) is 1.33. The highest BCUT2D eigenvalue weighted by molar-refractivity contribution is 5.96. The molecule has 0 aromatic heterocycles. The smallest absolute Gasteiger partial charge is 0.257 e. The molecular weight excluding hydrogens is 529 g/mol. The van der Waals surface area contributed by atoms with Crippen LogP contribution in [0.2, 0.25) is 0 Å². The van der Waals surface area contributed by atoms with Crippen molar-refractivity contribution in [3.8, 4) is 5.75 Å². The Kier molecular flexibility index (Phi) is 9.93. The number of carbonyl (C=O) groups excluding carboxylic acids is 4. The number of halogens is 1. The van der Waals surface area contributed by atoms with Crippen LogP contribution in [0.4, 0.5) is 4.39 Å². The topological polar surface area (TPSA) is 111 Å². The van der Waals surface area contributed by atoms with Gasteiger partial charge in [0.1, 0.15) is 24.2 Å². The molecule has 0 radical (unpaired) electrons. The van der Waals surface area contributed by atoms with Crippen LogP contribution in [0.3, 0.4) is 0 Å². The summed E-state index contributed by atoms with van der Waals surface area (Å²) in [5, 5.41) is 5.85. The minimum absolute atomic E-state index is 0.0610. The maximum Gasteiger partial charge on any atom is 0.257 e. The SMILES string of the molecule is CN(C)CC(=O)N[C@H]1CCCN(C)C(=O)c2cc(F)ccc2OC[C@@H]2C[C@H](CN2C(=O)Cc2ccccc2)NC1=O. The van der Waals surface area contributed by atoms with Crippen molar-refractivity contribution >= 4 is 23.6 Å². The van der Waals surface area contributed by atoms with Crippen molar-refractivity contribution in [3.63, 3.8) is 0 Å². The van der Waals surface area contributed by atoms with E-state index >= 15 is 0 Å². The number of carbonyl (C=O) groups is 4. The lowest BCUT2D eigenvalue weighted by Gasteiger charge is -2.26. The fourth-order valence-corrected chi connectivity index (χ4v) is 5.28. The summed E-state index contributed by atoms with van der Waals surface area (Å²) in [5.41, 5.74) is 0.953. The molecule has 1 saturated heterocycles. The van der Waals surface area contributed by atoms with Gasteiger partial charge < -0.3 is 30.1 Å². The quantitative estimate of drug-likeness (QED) is 0.566. The largest absolute Gasteiger partial charge is 0.491 e. The summed E-state index contributed by atoms with van der Waals surface area (Å²) in [5.74, 6) is -1.50.